The maximum Gasteiger partial charge on any atom is 0.227 e. The van der Waals surface area contributed by atoms with Crippen molar-refractivity contribution < 1.29 is 9.53 Å². The molecular weight excluding hydrogens is 252 g/mol. The number of carbonyl (C=O) groups excluding carboxylic acids is 1. The van der Waals surface area contributed by atoms with Crippen LogP contribution in [0.15, 0.2) is 24.3 Å². The topological polar surface area (TPSA) is 64.3 Å². The van der Waals surface area contributed by atoms with Crippen LogP contribution in [0.5, 0.6) is 0 Å². The van der Waals surface area contributed by atoms with Crippen LogP contribution in [0.1, 0.15) is 36.3 Å². The highest BCUT2D eigenvalue weighted by Crippen LogP contribution is 2.31. The van der Waals surface area contributed by atoms with Gasteiger partial charge in [-0.3, -0.25) is 4.79 Å². The van der Waals surface area contributed by atoms with E-state index in [9.17, 15) is 4.79 Å². The lowest BCUT2D eigenvalue weighted by atomic mass is 9.82. The molecule has 2 atom stereocenters. The fourth-order valence-electron chi connectivity index (χ4n) is 2.93. The lowest BCUT2D eigenvalue weighted by Gasteiger charge is -2.27. The van der Waals surface area contributed by atoms with Crippen molar-refractivity contribution in [3.05, 3.63) is 35.4 Å². The predicted molar refractivity (Wildman–Crippen MR) is 79.6 cm³/mol. The summed E-state index contributed by atoms with van der Waals surface area (Å²) in [5.41, 5.74) is 8.07. The fraction of sp³-hybridized carbons (Fsp3) is 0.562. The van der Waals surface area contributed by atoms with Gasteiger partial charge in [-0.2, -0.15) is 0 Å². The minimum atomic E-state index is -0.0305. The van der Waals surface area contributed by atoms with Crippen LogP contribution in [-0.4, -0.2) is 32.2 Å². The Morgan fingerprint density at radius 3 is 3.05 bits per heavy atom. The van der Waals surface area contributed by atoms with Gasteiger partial charge < -0.3 is 15.8 Å². The van der Waals surface area contributed by atoms with E-state index < -0.39 is 0 Å². The Hall–Kier alpha value is -1.39. The number of hydrogen-bond acceptors (Lipinski definition) is 3. The first-order valence-electron chi connectivity index (χ1n) is 7.33. The Morgan fingerprint density at radius 1 is 1.50 bits per heavy atom. The molecule has 0 saturated carbocycles. The molecule has 0 radical (unpaired) electrons. The Kier molecular flexibility index (Phi) is 5.56. The Morgan fingerprint density at radius 2 is 2.30 bits per heavy atom. The highest BCUT2D eigenvalue weighted by atomic mass is 16.5. The highest BCUT2D eigenvalue weighted by molar-refractivity contribution is 5.84. The molecular formula is C16H24N2O2. The summed E-state index contributed by atoms with van der Waals surface area (Å²) in [6, 6.07) is 8.26. The van der Waals surface area contributed by atoms with Gasteiger partial charge in [-0.1, -0.05) is 24.3 Å². The van der Waals surface area contributed by atoms with Crippen molar-refractivity contribution in [1.82, 2.24) is 5.32 Å². The van der Waals surface area contributed by atoms with Crippen molar-refractivity contribution in [2.45, 2.75) is 37.6 Å². The Bertz CT molecular complexity index is 442. The van der Waals surface area contributed by atoms with Gasteiger partial charge >= 0.3 is 0 Å². The van der Waals surface area contributed by atoms with Gasteiger partial charge in [0.15, 0.2) is 0 Å². The van der Waals surface area contributed by atoms with Gasteiger partial charge in [0.1, 0.15) is 0 Å². The van der Waals surface area contributed by atoms with Crippen LogP contribution >= 0.6 is 0 Å². The number of nitrogens with one attached hydrogen (secondary N) is 1. The van der Waals surface area contributed by atoms with E-state index in [1.807, 2.05) is 12.1 Å². The van der Waals surface area contributed by atoms with Crippen molar-refractivity contribution in [2.24, 2.45) is 5.73 Å². The molecule has 2 unspecified atom stereocenters. The molecule has 110 valence electrons. The van der Waals surface area contributed by atoms with Crippen molar-refractivity contribution in [3.63, 3.8) is 0 Å². The lowest BCUT2D eigenvalue weighted by molar-refractivity contribution is -0.124. The van der Waals surface area contributed by atoms with Crippen LogP contribution < -0.4 is 11.1 Å². The van der Waals surface area contributed by atoms with Crippen LogP contribution in [0, 0.1) is 0 Å². The van der Waals surface area contributed by atoms with Crippen molar-refractivity contribution in [2.75, 3.05) is 20.3 Å². The summed E-state index contributed by atoms with van der Waals surface area (Å²) >= 11 is 0. The number of rotatable bonds is 6. The first kappa shape index (κ1) is 15.0. The predicted octanol–water partition coefficient (Wildman–Crippen LogP) is 1.59. The first-order valence-corrected chi connectivity index (χ1v) is 7.33. The molecule has 2 rings (SSSR count). The minimum absolute atomic E-state index is 0.00610. The smallest absolute Gasteiger partial charge is 0.227 e. The van der Waals surface area contributed by atoms with Crippen LogP contribution in [0.2, 0.25) is 0 Å². The molecule has 0 bridgehead atoms. The van der Waals surface area contributed by atoms with Crippen LogP contribution in [0.3, 0.4) is 0 Å². The van der Waals surface area contributed by atoms with Crippen LogP contribution in [-0.2, 0) is 16.0 Å². The third kappa shape index (κ3) is 3.58. The second-order valence-corrected chi connectivity index (χ2v) is 5.38. The van der Waals surface area contributed by atoms with Gasteiger partial charge in [0.2, 0.25) is 5.91 Å². The molecule has 3 N–H and O–H groups in total. The number of fused-ring (bicyclic) bond motifs is 1. The molecule has 20 heavy (non-hydrogen) atoms. The number of ether oxygens (including phenoxy) is 1. The van der Waals surface area contributed by atoms with Gasteiger partial charge in [0, 0.05) is 7.11 Å². The summed E-state index contributed by atoms with van der Waals surface area (Å²) in [6.07, 6.45) is 3.81. The van der Waals surface area contributed by atoms with Crippen molar-refractivity contribution in [1.29, 1.82) is 0 Å². The summed E-state index contributed by atoms with van der Waals surface area (Å²) in [5.74, 6) is 0.0738. The number of benzene rings is 1. The van der Waals surface area contributed by atoms with E-state index in [1.54, 1.807) is 7.11 Å². The molecule has 1 aliphatic carbocycles. The molecule has 0 aromatic heterocycles. The van der Waals surface area contributed by atoms with E-state index in [1.165, 1.54) is 11.1 Å². The zero-order valence-corrected chi connectivity index (χ0v) is 12.1. The van der Waals surface area contributed by atoms with Gasteiger partial charge in [0.05, 0.1) is 18.6 Å². The van der Waals surface area contributed by atoms with Gasteiger partial charge in [-0.25, -0.2) is 0 Å². The van der Waals surface area contributed by atoms with Crippen LogP contribution in [0.4, 0.5) is 0 Å². The quantitative estimate of drug-likeness (QED) is 0.829. The monoisotopic (exact) mass is 276 g/mol. The summed E-state index contributed by atoms with van der Waals surface area (Å²) in [6.45, 7) is 1.06. The first-order chi connectivity index (χ1) is 9.76. The van der Waals surface area contributed by atoms with Gasteiger partial charge in [-0.15, -0.1) is 0 Å². The maximum absolute atomic E-state index is 12.5. The van der Waals surface area contributed by atoms with E-state index in [-0.39, 0.29) is 17.9 Å². The zero-order chi connectivity index (χ0) is 14.4. The number of methoxy groups -OCH3 is 1. The average molecular weight is 276 g/mol. The maximum atomic E-state index is 12.5. The second kappa shape index (κ2) is 7.41. The van der Waals surface area contributed by atoms with Crippen molar-refractivity contribution >= 4 is 5.91 Å². The molecule has 1 aromatic carbocycles. The van der Waals surface area contributed by atoms with Crippen molar-refractivity contribution in [3.8, 4) is 0 Å². The molecule has 0 fully saturated rings. The average Bonchev–Trinajstić information content (AvgIpc) is 2.47. The zero-order valence-electron chi connectivity index (χ0n) is 12.1. The van der Waals surface area contributed by atoms with E-state index in [0.717, 1.165) is 25.7 Å². The molecule has 1 aromatic rings. The fourth-order valence-corrected chi connectivity index (χ4v) is 2.93. The largest absolute Gasteiger partial charge is 0.383 e. The summed E-state index contributed by atoms with van der Waals surface area (Å²) in [7, 11) is 1.64. The summed E-state index contributed by atoms with van der Waals surface area (Å²) in [5, 5.41) is 3.09. The lowest BCUT2D eigenvalue weighted by Crippen LogP contribution is -2.42. The van der Waals surface area contributed by atoms with E-state index in [2.05, 4.69) is 17.4 Å². The normalized spacial score (nSPS) is 19.2. The van der Waals surface area contributed by atoms with E-state index in [4.69, 9.17) is 10.5 Å². The SMILES string of the molecule is COCC(CCN)NC(=O)C1CCCc2ccccc21. The highest BCUT2D eigenvalue weighted by Gasteiger charge is 2.27. The summed E-state index contributed by atoms with van der Waals surface area (Å²) in [4.78, 5) is 12.5. The molecule has 0 heterocycles. The third-order valence-electron chi connectivity index (χ3n) is 3.92. The Balaban J connectivity index is 2.06. The number of amides is 1. The minimum Gasteiger partial charge on any atom is -0.383 e. The number of aryl methyl sites for hydroxylation is 1. The molecule has 1 aliphatic rings. The summed E-state index contributed by atoms with van der Waals surface area (Å²) < 4.78 is 5.14. The standard InChI is InChI=1S/C16H24N2O2/c1-20-11-13(9-10-17)18-16(19)15-8-4-6-12-5-2-3-7-14(12)15/h2-3,5,7,13,15H,4,6,8-11,17H2,1H3,(H,18,19). The number of hydrogen-bond donors (Lipinski definition) is 2. The molecule has 0 saturated heterocycles. The molecule has 4 heteroatoms. The van der Waals surface area contributed by atoms with E-state index >= 15 is 0 Å². The Labute approximate surface area is 120 Å². The molecule has 0 spiro atoms. The van der Waals surface area contributed by atoms with Gasteiger partial charge in [0.25, 0.3) is 0 Å². The molecule has 0 aliphatic heterocycles. The number of carbonyl (C=O) groups is 1. The molecule has 1 amide bonds. The van der Waals surface area contributed by atoms with Gasteiger partial charge in [-0.05, 0) is 43.4 Å². The third-order valence-corrected chi connectivity index (χ3v) is 3.92. The van der Waals surface area contributed by atoms with Crippen LogP contribution in [0.25, 0.3) is 0 Å². The number of nitrogens with two attached hydrogens (primary N) is 1. The second-order valence-electron chi connectivity index (χ2n) is 5.38. The van der Waals surface area contributed by atoms with E-state index in [0.29, 0.717) is 13.2 Å². The molecule has 4 nitrogen and oxygen atoms in total.